The highest BCUT2D eigenvalue weighted by Gasteiger charge is 2.47. The molecule has 0 aromatic heterocycles. The first-order valence-electron chi connectivity index (χ1n) is 9.02. The fraction of sp³-hybridized carbons (Fsp3) is 0.350. The van der Waals surface area contributed by atoms with Gasteiger partial charge in [-0.15, -0.1) is 12.4 Å². The molecule has 2 saturated heterocycles. The van der Waals surface area contributed by atoms with Crippen molar-refractivity contribution in [1.29, 1.82) is 0 Å². The number of nitrogens with zero attached hydrogens (tertiary/aromatic N) is 2. The van der Waals surface area contributed by atoms with Gasteiger partial charge in [-0.05, 0) is 42.8 Å². The van der Waals surface area contributed by atoms with E-state index < -0.39 is 10.0 Å². The molecule has 0 saturated carbocycles. The molecule has 2 aromatic carbocycles. The molecule has 28 heavy (non-hydrogen) atoms. The fourth-order valence-electron chi connectivity index (χ4n) is 4.55. The van der Waals surface area contributed by atoms with Crippen molar-refractivity contribution in [3.05, 3.63) is 65.7 Å². The molecule has 2 aromatic rings. The van der Waals surface area contributed by atoms with Gasteiger partial charge in [-0.3, -0.25) is 9.69 Å². The quantitative estimate of drug-likeness (QED) is 0.822. The topological polar surface area (TPSA) is 83.7 Å². The number of carbonyl (C=O) groups excluding carboxylic acids is 1. The van der Waals surface area contributed by atoms with E-state index in [4.69, 9.17) is 5.14 Å². The SMILES string of the molecule is CN1C[C@H]2CN(C(=O)c3ccc(S(N)(=O)=O)cc3)C[C@H]2[C@@H]1c1ccccc1.Cl. The number of fused-ring (bicyclic) bond motifs is 1. The van der Waals surface area contributed by atoms with Gasteiger partial charge in [0.2, 0.25) is 10.0 Å². The molecule has 150 valence electrons. The smallest absolute Gasteiger partial charge is 0.253 e. The van der Waals surface area contributed by atoms with E-state index in [1.165, 1.54) is 29.8 Å². The zero-order chi connectivity index (χ0) is 19.2. The van der Waals surface area contributed by atoms with E-state index in [2.05, 4.69) is 36.2 Å². The Morgan fingerprint density at radius 3 is 2.25 bits per heavy atom. The highest BCUT2D eigenvalue weighted by atomic mass is 35.5. The molecule has 2 aliphatic heterocycles. The number of benzene rings is 2. The molecular formula is C20H24ClN3O3S. The molecule has 0 radical (unpaired) electrons. The molecule has 0 aliphatic carbocycles. The van der Waals surface area contributed by atoms with Gasteiger partial charge in [0.05, 0.1) is 4.90 Å². The van der Waals surface area contributed by atoms with Crippen LogP contribution in [0.25, 0.3) is 0 Å². The monoisotopic (exact) mass is 421 g/mol. The van der Waals surface area contributed by atoms with Crippen LogP contribution in [0.3, 0.4) is 0 Å². The Morgan fingerprint density at radius 1 is 1.00 bits per heavy atom. The molecule has 3 atom stereocenters. The Balaban J connectivity index is 0.00000225. The third kappa shape index (κ3) is 3.80. The van der Waals surface area contributed by atoms with Crippen molar-refractivity contribution in [2.24, 2.45) is 17.0 Å². The number of hydrogen-bond acceptors (Lipinski definition) is 4. The number of likely N-dealkylation sites (tertiary alicyclic amines) is 2. The summed E-state index contributed by atoms with van der Waals surface area (Å²) in [6, 6.07) is 16.6. The van der Waals surface area contributed by atoms with Crippen LogP contribution in [0.5, 0.6) is 0 Å². The summed E-state index contributed by atoms with van der Waals surface area (Å²) in [5, 5.41) is 5.12. The van der Waals surface area contributed by atoms with Gasteiger partial charge in [0.25, 0.3) is 5.91 Å². The van der Waals surface area contributed by atoms with Crippen LogP contribution in [0.4, 0.5) is 0 Å². The van der Waals surface area contributed by atoms with Crippen molar-refractivity contribution in [2.45, 2.75) is 10.9 Å². The van der Waals surface area contributed by atoms with Gasteiger partial charge < -0.3 is 4.90 Å². The second-order valence-electron chi connectivity index (χ2n) is 7.50. The summed E-state index contributed by atoms with van der Waals surface area (Å²) >= 11 is 0. The molecule has 0 spiro atoms. The minimum atomic E-state index is -3.75. The van der Waals surface area contributed by atoms with Crippen LogP contribution in [-0.2, 0) is 10.0 Å². The van der Waals surface area contributed by atoms with Crippen molar-refractivity contribution in [3.63, 3.8) is 0 Å². The minimum absolute atomic E-state index is 0. The van der Waals surface area contributed by atoms with Crippen LogP contribution in [0.1, 0.15) is 22.0 Å². The summed E-state index contributed by atoms with van der Waals surface area (Å²) in [5.41, 5.74) is 1.78. The largest absolute Gasteiger partial charge is 0.338 e. The molecule has 2 aliphatic rings. The molecule has 0 unspecified atom stereocenters. The average molecular weight is 422 g/mol. The summed E-state index contributed by atoms with van der Waals surface area (Å²) in [7, 11) is -1.60. The van der Waals surface area contributed by atoms with Crippen LogP contribution in [0.2, 0.25) is 0 Å². The summed E-state index contributed by atoms with van der Waals surface area (Å²) in [4.78, 5) is 17.2. The third-order valence-electron chi connectivity index (χ3n) is 5.75. The predicted molar refractivity (Wildman–Crippen MR) is 110 cm³/mol. The molecule has 2 fully saturated rings. The highest BCUT2D eigenvalue weighted by molar-refractivity contribution is 7.89. The Morgan fingerprint density at radius 2 is 1.64 bits per heavy atom. The van der Waals surface area contributed by atoms with Crippen molar-refractivity contribution in [1.82, 2.24) is 9.80 Å². The number of amides is 1. The summed E-state index contributed by atoms with van der Waals surface area (Å²) in [6.07, 6.45) is 0. The maximum Gasteiger partial charge on any atom is 0.253 e. The van der Waals surface area contributed by atoms with E-state index in [1.54, 1.807) is 0 Å². The van der Waals surface area contributed by atoms with Gasteiger partial charge >= 0.3 is 0 Å². The second kappa shape index (κ2) is 7.83. The van der Waals surface area contributed by atoms with Crippen LogP contribution in [0, 0.1) is 11.8 Å². The van der Waals surface area contributed by atoms with Gasteiger partial charge in [-0.2, -0.15) is 0 Å². The van der Waals surface area contributed by atoms with Gasteiger partial charge in [0.15, 0.2) is 0 Å². The van der Waals surface area contributed by atoms with Crippen LogP contribution >= 0.6 is 12.4 Å². The normalized spacial score (nSPS) is 24.6. The molecule has 2 heterocycles. The molecule has 4 rings (SSSR count). The summed E-state index contributed by atoms with van der Waals surface area (Å²) < 4.78 is 22.8. The first-order valence-corrected chi connectivity index (χ1v) is 10.6. The lowest BCUT2D eigenvalue weighted by Gasteiger charge is -2.27. The standard InChI is InChI=1S/C20H23N3O3S.ClH/c1-22-11-16-12-23(13-18(16)19(22)14-5-3-2-4-6-14)20(24)15-7-9-17(10-8-15)27(21,25)26;/h2-10,16,18-19H,11-13H2,1H3,(H2,21,25,26);1H/t16-,18+,19-;/m0./s1. The lowest BCUT2D eigenvalue weighted by Crippen LogP contribution is -2.33. The molecule has 1 amide bonds. The van der Waals surface area contributed by atoms with Crippen LogP contribution < -0.4 is 5.14 Å². The predicted octanol–water partition coefficient (Wildman–Crippen LogP) is 2.13. The van der Waals surface area contributed by atoms with Crippen molar-refractivity contribution < 1.29 is 13.2 Å². The Bertz CT molecular complexity index is 950. The maximum absolute atomic E-state index is 12.9. The molecule has 6 nitrogen and oxygen atoms in total. The minimum Gasteiger partial charge on any atom is -0.338 e. The van der Waals surface area contributed by atoms with Crippen LogP contribution in [0.15, 0.2) is 59.5 Å². The number of hydrogen-bond donors (Lipinski definition) is 1. The fourth-order valence-corrected chi connectivity index (χ4v) is 5.06. The van der Waals surface area contributed by atoms with Gasteiger partial charge in [-0.25, -0.2) is 13.6 Å². The van der Waals surface area contributed by atoms with E-state index in [0.717, 1.165) is 13.1 Å². The van der Waals surface area contributed by atoms with Crippen LogP contribution in [-0.4, -0.2) is 50.8 Å². The first-order chi connectivity index (χ1) is 12.8. The average Bonchev–Trinajstić information content (AvgIpc) is 3.17. The van der Waals surface area contributed by atoms with E-state index in [1.807, 2.05) is 11.0 Å². The molecule has 2 N–H and O–H groups in total. The van der Waals surface area contributed by atoms with Crippen molar-refractivity contribution in [3.8, 4) is 0 Å². The van der Waals surface area contributed by atoms with Crippen molar-refractivity contribution >= 4 is 28.3 Å². The first kappa shape index (κ1) is 20.8. The van der Waals surface area contributed by atoms with E-state index in [9.17, 15) is 13.2 Å². The van der Waals surface area contributed by atoms with Crippen molar-refractivity contribution in [2.75, 3.05) is 26.7 Å². The zero-order valence-corrected chi connectivity index (χ0v) is 17.2. The summed E-state index contributed by atoms with van der Waals surface area (Å²) in [5.74, 6) is 0.803. The zero-order valence-electron chi connectivity index (χ0n) is 15.6. The van der Waals surface area contributed by atoms with Gasteiger partial charge in [0, 0.05) is 37.2 Å². The molecular weight excluding hydrogens is 398 g/mol. The number of sulfonamides is 1. The third-order valence-corrected chi connectivity index (χ3v) is 6.68. The van der Waals surface area contributed by atoms with E-state index in [-0.39, 0.29) is 23.2 Å². The maximum atomic E-state index is 12.9. The Labute approximate surface area is 171 Å². The van der Waals surface area contributed by atoms with Gasteiger partial charge in [-0.1, -0.05) is 30.3 Å². The highest BCUT2D eigenvalue weighted by Crippen LogP contribution is 2.44. The number of primary sulfonamides is 1. The Hall–Kier alpha value is -1.93. The number of halogens is 1. The number of rotatable bonds is 3. The lowest BCUT2D eigenvalue weighted by molar-refractivity contribution is 0.0767. The van der Waals surface area contributed by atoms with Gasteiger partial charge in [0.1, 0.15) is 0 Å². The Kier molecular flexibility index (Phi) is 5.82. The van der Waals surface area contributed by atoms with E-state index in [0.29, 0.717) is 30.0 Å². The van der Waals surface area contributed by atoms with E-state index >= 15 is 0 Å². The molecule has 0 bridgehead atoms. The number of nitrogens with two attached hydrogens (primary N) is 1. The molecule has 8 heteroatoms. The number of carbonyl (C=O) groups is 1. The lowest BCUT2D eigenvalue weighted by atomic mass is 9.90. The second-order valence-corrected chi connectivity index (χ2v) is 9.06. The summed E-state index contributed by atoms with van der Waals surface area (Å²) in [6.45, 7) is 2.41.